The van der Waals surface area contributed by atoms with Crippen LogP contribution in [0.5, 0.6) is 0 Å². The van der Waals surface area contributed by atoms with Crippen LogP contribution in [0.25, 0.3) is 0 Å². The van der Waals surface area contributed by atoms with Gasteiger partial charge in [0.25, 0.3) is 0 Å². The number of hydrogen-bond acceptors (Lipinski definition) is 1. The Morgan fingerprint density at radius 3 is 2.58 bits per heavy atom. The number of rotatable bonds is 7. The molecule has 12 heavy (non-hydrogen) atoms. The first-order valence-electron chi connectivity index (χ1n) is 4.13. The molecular formula is C9H15ClO2. The first-order chi connectivity index (χ1) is 5.72. The minimum absolute atomic E-state index is 0.389. The zero-order valence-electron chi connectivity index (χ0n) is 7.13. The van der Waals surface area contributed by atoms with Gasteiger partial charge >= 0.3 is 5.97 Å². The van der Waals surface area contributed by atoms with E-state index in [0.29, 0.717) is 12.3 Å². The number of carbonyl (C=O) groups is 1. The topological polar surface area (TPSA) is 37.3 Å². The van der Waals surface area contributed by atoms with E-state index >= 15 is 0 Å². The third-order valence-electron chi connectivity index (χ3n) is 1.75. The molecule has 1 N–H and O–H groups in total. The van der Waals surface area contributed by atoms with Crippen LogP contribution in [-0.4, -0.2) is 17.0 Å². The third-order valence-corrected chi connectivity index (χ3v) is 2.02. The van der Waals surface area contributed by atoms with Crippen molar-refractivity contribution in [2.45, 2.75) is 25.7 Å². The van der Waals surface area contributed by atoms with Crippen molar-refractivity contribution >= 4 is 17.6 Å². The maximum Gasteiger partial charge on any atom is 0.310 e. The molecular weight excluding hydrogens is 176 g/mol. The molecule has 0 aliphatic heterocycles. The molecule has 0 rings (SSSR count). The van der Waals surface area contributed by atoms with Gasteiger partial charge in [-0.05, 0) is 12.8 Å². The number of aliphatic carboxylic acids is 1. The molecule has 0 aromatic carbocycles. The van der Waals surface area contributed by atoms with Gasteiger partial charge in [-0.3, -0.25) is 4.79 Å². The maximum absolute atomic E-state index is 10.5. The van der Waals surface area contributed by atoms with Gasteiger partial charge in [-0.25, -0.2) is 0 Å². The summed E-state index contributed by atoms with van der Waals surface area (Å²) in [6.07, 6.45) is 5.04. The molecule has 0 saturated heterocycles. The van der Waals surface area contributed by atoms with Gasteiger partial charge in [0.2, 0.25) is 0 Å². The summed E-state index contributed by atoms with van der Waals surface area (Å²) in [5, 5.41) is 8.63. The van der Waals surface area contributed by atoms with Crippen LogP contribution >= 0.6 is 11.6 Å². The van der Waals surface area contributed by atoms with E-state index in [9.17, 15) is 4.79 Å². The van der Waals surface area contributed by atoms with Crippen molar-refractivity contribution in [1.82, 2.24) is 0 Å². The highest BCUT2D eigenvalue weighted by molar-refractivity contribution is 6.17. The third kappa shape index (κ3) is 5.19. The second-order valence-corrected chi connectivity index (χ2v) is 3.10. The molecule has 0 aliphatic carbocycles. The normalized spacial score (nSPS) is 12.4. The van der Waals surface area contributed by atoms with E-state index in [0.717, 1.165) is 19.3 Å². The molecule has 2 nitrogen and oxygen atoms in total. The molecule has 0 saturated carbocycles. The van der Waals surface area contributed by atoms with Crippen LogP contribution < -0.4 is 0 Å². The maximum atomic E-state index is 10.5. The molecule has 0 aromatic rings. The first kappa shape index (κ1) is 11.5. The molecule has 0 aliphatic rings. The summed E-state index contributed by atoms with van der Waals surface area (Å²) in [6.45, 7) is 3.47. The summed E-state index contributed by atoms with van der Waals surface area (Å²) in [6, 6.07) is 0. The van der Waals surface area contributed by atoms with Gasteiger partial charge in [-0.15, -0.1) is 18.2 Å². The van der Waals surface area contributed by atoms with Crippen LogP contribution in [-0.2, 0) is 4.79 Å². The fourth-order valence-corrected chi connectivity index (χ4v) is 1.17. The van der Waals surface area contributed by atoms with Crippen LogP contribution in [0.15, 0.2) is 12.7 Å². The number of alkyl halides is 1. The predicted octanol–water partition coefficient (Wildman–Crippen LogP) is 2.67. The lowest BCUT2D eigenvalue weighted by Gasteiger charge is -2.05. The highest BCUT2D eigenvalue weighted by Gasteiger charge is 2.11. The predicted molar refractivity (Wildman–Crippen MR) is 50.5 cm³/mol. The molecule has 0 bridgehead atoms. The number of halogens is 1. The van der Waals surface area contributed by atoms with Crippen molar-refractivity contribution in [2.24, 2.45) is 5.92 Å². The van der Waals surface area contributed by atoms with Crippen molar-refractivity contribution in [3.05, 3.63) is 12.7 Å². The average Bonchev–Trinajstić information content (AvgIpc) is 2.04. The van der Waals surface area contributed by atoms with Gasteiger partial charge in [-0.1, -0.05) is 18.9 Å². The van der Waals surface area contributed by atoms with Crippen LogP contribution in [0.1, 0.15) is 25.7 Å². The average molecular weight is 191 g/mol. The molecule has 70 valence electrons. The van der Waals surface area contributed by atoms with E-state index in [1.807, 2.05) is 0 Å². The highest BCUT2D eigenvalue weighted by atomic mass is 35.5. The van der Waals surface area contributed by atoms with Crippen LogP contribution in [0, 0.1) is 5.92 Å². The van der Waals surface area contributed by atoms with Crippen LogP contribution in [0.2, 0.25) is 0 Å². The van der Waals surface area contributed by atoms with Crippen molar-refractivity contribution in [1.29, 1.82) is 0 Å². The van der Waals surface area contributed by atoms with E-state index in [1.54, 1.807) is 0 Å². The SMILES string of the molecule is C=CC(CCCCCCl)C(=O)O. The Morgan fingerprint density at radius 2 is 2.17 bits per heavy atom. The molecule has 0 amide bonds. The molecule has 0 spiro atoms. The lowest BCUT2D eigenvalue weighted by atomic mass is 10.0. The van der Waals surface area contributed by atoms with Crippen LogP contribution in [0.4, 0.5) is 0 Å². The van der Waals surface area contributed by atoms with E-state index in [2.05, 4.69) is 6.58 Å². The fourth-order valence-electron chi connectivity index (χ4n) is 0.978. The second-order valence-electron chi connectivity index (χ2n) is 2.72. The first-order valence-corrected chi connectivity index (χ1v) is 4.67. The van der Waals surface area contributed by atoms with Crippen molar-refractivity contribution < 1.29 is 9.90 Å². The number of carboxylic acid groups (broad SMARTS) is 1. The van der Waals surface area contributed by atoms with Gasteiger partial charge in [0.15, 0.2) is 0 Å². The van der Waals surface area contributed by atoms with Gasteiger partial charge < -0.3 is 5.11 Å². The lowest BCUT2D eigenvalue weighted by Crippen LogP contribution is -2.10. The molecule has 0 fully saturated rings. The Morgan fingerprint density at radius 1 is 1.50 bits per heavy atom. The molecule has 1 unspecified atom stereocenters. The van der Waals surface area contributed by atoms with E-state index in [-0.39, 0.29) is 5.92 Å². The van der Waals surface area contributed by atoms with E-state index < -0.39 is 5.97 Å². The summed E-state index contributed by atoms with van der Waals surface area (Å²) in [4.78, 5) is 10.5. The van der Waals surface area contributed by atoms with Gasteiger partial charge in [-0.2, -0.15) is 0 Å². The fraction of sp³-hybridized carbons (Fsp3) is 0.667. The van der Waals surface area contributed by atoms with E-state index in [1.165, 1.54) is 6.08 Å². The van der Waals surface area contributed by atoms with Gasteiger partial charge in [0.1, 0.15) is 0 Å². The van der Waals surface area contributed by atoms with Crippen LogP contribution in [0.3, 0.4) is 0 Å². The molecule has 0 radical (unpaired) electrons. The minimum Gasteiger partial charge on any atom is -0.481 e. The summed E-state index contributed by atoms with van der Waals surface area (Å²) in [5.74, 6) is -0.512. The Bertz CT molecular complexity index is 145. The minimum atomic E-state index is -0.782. The highest BCUT2D eigenvalue weighted by Crippen LogP contribution is 2.11. The summed E-state index contributed by atoms with van der Waals surface area (Å²) in [5.41, 5.74) is 0. The molecule has 1 atom stereocenters. The smallest absolute Gasteiger partial charge is 0.310 e. The van der Waals surface area contributed by atoms with E-state index in [4.69, 9.17) is 16.7 Å². The Hall–Kier alpha value is -0.500. The summed E-state index contributed by atoms with van der Waals surface area (Å²) in [7, 11) is 0. The second kappa shape index (κ2) is 7.17. The zero-order valence-corrected chi connectivity index (χ0v) is 7.89. The van der Waals surface area contributed by atoms with Gasteiger partial charge in [0.05, 0.1) is 5.92 Å². The number of unbranched alkanes of at least 4 members (excludes halogenated alkanes) is 2. The lowest BCUT2D eigenvalue weighted by molar-refractivity contribution is -0.140. The Kier molecular flexibility index (Phi) is 6.87. The molecule has 0 heterocycles. The quantitative estimate of drug-likeness (QED) is 0.381. The Labute approximate surface area is 78.2 Å². The Balaban J connectivity index is 3.45. The zero-order chi connectivity index (χ0) is 9.40. The molecule has 3 heteroatoms. The largest absolute Gasteiger partial charge is 0.481 e. The van der Waals surface area contributed by atoms with Gasteiger partial charge in [0, 0.05) is 5.88 Å². The summed E-state index contributed by atoms with van der Waals surface area (Å²) < 4.78 is 0. The van der Waals surface area contributed by atoms with Crippen molar-refractivity contribution in [3.63, 3.8) is 0 Å². The monoisotopic (exact) mass is 190 g/mol. The van der Waals surface area contributed by atoms with Crippen molar-refractivity contribution in [3.8, 4) is 0 Å². The summed E-state index contributed by atoms with van der Waals surface area (Å²) >= 11 is 5.48. The van der Waals surface area contributed by atoms with Crippen molar-refractivity contribution in [2.75, 3.05) is 5.88 Å². The number of hydrogen-bond donors (Lipinski definition) is 1. The standard InChI is InChI=1S/C9H15ClO2/c1-2-8(9(11)12)6-4-3-5-7-10/h2,8H,1,3-7H2,(H,11,12). The number of carboxylic acids is 1. The molecule has 0 aromatic heterocycles.